The van der Waals surface area contributed by atoms with Gasteiger partial charge in [0, 0.05) is 25.1 Å². The lowest BCUT2D eigenvalue weighted by Crippen LogP contribution is -2.33. The second kappa shape index (κ2) is 7.51. The van der Waals surface area contributed by atoms with E-state index < -0.39 is 29.1 Å². The quantitative estimate of drug-likeness (QED) is 0.892. The van der Waals surface area contributed by atoms with Gasteiger partial charge in [-0.1, -0.05) is 24.3 Å². The largest absolute Gasteiger partial charge is 0.496 e. The monoisotopic (exact) mass is 360 g/mol. The number of methoxy groups -OCH3 is 1. The lowest BCUT2D eigenvalue weighted by molar-refractivity contribution is -0.126. The number of nitrogens with one attached hydrogen (secondary N) is 1. The predicted molar refractivity (Wildman–Crippen MR) is 91.7 cm³/mol. The van der Waals surface area contributed by atoms with Crippen LogP contribution in [0.5, 0.6) is 5.75 Å². The van der Waals surface area contributed by atoms with E-state index in [1.165, 1.54) is 13.2 Å². The summed E-state index contributed by atoms with van der Waals surface area (Å²) in [7, 11) is 1.54. The number of amides is 2. The molecule has 2 aromatic carbocycles. The highest BCUT2D eigenvalue weighted by molar-refractivity contribution is 6.00. The molecular formula is C19H18F2N2O3. The van der Waals surface area contributed by atoms with Crippen molar-refractivity contribution in [1.82, 2.24) is 5.32 Å². The summed E-state index contributed by atoms with van der Waals surface area (Å²) in [5, 5.41) is 2.75. The summed E-state index contributed by atoms with van der Waals surface area (Å²) in [5.41, 5.74) is 0.391. The van der Waals surface area contributed by atoms with E-state index in [4.69, 9.17) is 4.74 Å². The first kappa shape index (κ1) is 17.8. The van der Waals surface area contributed by atoms with Crippen LogP contribution in [-0.2, 0) is 16.1 Å². The fraction of sp³-hybridized carbons (Fsp3) is 0.263. The summed E-state index contributed by atoms with van der Waals surface area (Å²) in [5.74, 6) is -2.50. The molecule has 2 amide bonds. The Bertz CT molecular complexity index is 821. The number of carbonyl (C=O) groups excluding carboxylic acids is 2. The average molecular weight is 360 g/mol. The molecule has 0 radical (unpaired) electrons. The molecule has 7 heteroatoms. The fourth-order valence-electron chi connectivity index (χ4n) is 3.02. The van der Waals surface area contributed by atoms with E-state index in [-0.39, 0.29) is 25.4 Å². The van der Waals surface area contributed by atoms with Crippen molar-refractivity contribution in [3.63, 3.8) is 0 Å². The summed E-state index contributed by atoms with van der Waals surface area (Å²) in [4.78, 5) is 25.6. The average Bonchev–Trinajstić information content (AvgIpc) is 3.01. The highest BCUT2D eigenvalue weighted by Gasteiger charge is 2.37. The third-order valence-corrected chi connectivity index (χ3v) is 4.35. The molecule has 1 heterocycles. The minimum Gasteiger partial charge on any atom is -0.496 e. The number of hydrogen-bond donors (Lipinski definition) is 1. The second-order valence-corrected chi connectivity index (χ2v) is 6.01. The number of para-hydroxylation sites is 2. The van der Waals surface area contributed by atoms with Crippen LogP contribution >= 0.6 is 0 Å². The highest BCUT2D eigenvalue weighted by atomic mass is 19.1. The predicted octanol–water partition coefficient (Wildman–Crippen LogP) is 2.64. The Labute approximate surface area is 149 Å². The Kier molecular flexibility index (Phi) is 5.16. The highest BCUT2D eigenvalue weighted by Crippen LogP contribution is 2.30. The molecule has 2 aromatic rings. The van der Waals surface area contributed by atoms with E-state index in [1.54, 1.807) is 6.07 Å². The van der Waals surface area contributed by atoms with Crippen LogP contribution in [0.3, 0.4) is 0 Å². The first-order valence-corrected chi connectivity index (χ1v) is 8.15. The number of carbonyl (C=O) groups is 2. The summed E-state index contributed by atoms with van der Waals surface area (Å²) in [6.45, 7) is 0.177. The number of anilines is 1. The zero-order valence-electron chi connectivity index (χ0n) is 14.2. The normalized spacial score (nSPS) is 16.7. The van der Waals surface area contributed by atoms with Crippen LogP contribution < -0.4 is 15.0 Å². The standard InChI is InChI=1S/C19H18F2N2O3/c1-26-16-8-3-2-5-12(16)10-22-19(25)13-9-17(24)23(11-13)18-14(20)6-4-7-15(18)21/h2-8,13H,9-11H2,1H3,(H,22,25). The number of nitrogens with zero attached hydrogens (tertiary/aromatic N) is 1. The lowest BCUT2D eigenvalue weighted by atomic mass is 10.1. The van der Waals surface area contributed by atoms with Gasteiger partial charge in [-0.3, -0.25) is 9.59 Å². The van der Waals surface area contributed by atoms with Gasteiger partial charge >= 0.3 is 0 Å². The number of hydrogen-bond acceptors (Lipinski definition) is 3. The van der Waals surface area contributed by atoms with Gasteiger partial charge in [-0.25, -0.2) is 8.78 Å². The molecule has 1 aliphatic rings. The number of benzene rings is 2. The molecule has 1 aliphatic heterocycles. The maximum absolute atomic E-state index is 13.9. The molecule has 136 valence electrons. The van der Waals surface area contributed by atoms with Crippen molar-refractivity contribution in [2.24, 2.45) is 5.92 Å². The van der Waals surface area contributed by atoms with E-state index in [1.807, 2.05) is 18.2 Å². The summed E-state index contributed by atoms with van der Waals surface area (Å²) >= 11 is 0. The van der Waals surface area contributed by atoms with Gasteiger partial charge in [-0.2, -0.15) is 0 Å². The second-order valence-electron chi connectivity index (χ2n) is 6.01. The Hall–Kier alpha value is -2.96. The number of ether oxygens (including phenoxy) is 1. The van der Waals surface area contributed by atoms with Gasteiger partial charge in [0.2, 0.25) is 11.8 Å². The molecule has 1 atom stereocenters. The summed E-state index contributed by atoms with van der Waals surface area (Å²) in [6, 6.07) is 10.6. The Morgan fingerprint density at radius 1 is 1.19 bits per heavy atom. The van der Waals surface area contributed by atoms with E-state index in [2.05, 4.69) is 5.32 Å². The molecule has 0 aliphatic carbocycles. The van der Waals surface area contributed by atoms with Crippen molar-refractivity contribution >= 4 is 17.5 Å². The van der Waals surface area contributed by atoms with Gasteiger partial charge < -0.3 is 15.0 Å². The minimum absolute atomic E-state index is 0.0611. The van der Waals surface area contributed by atoms with E-state index in [0.29, 0.717) is 5.75 Å². The number of halogens is 2. The smallest absolute Gasteiger partial charge is 0.228 e. The number of rotatable bonds is 5. The molecular weight excluding hydrogens is 342 g/mol. The Morgan fingerprint density at radius 3 is 2.58 bits per heavy atom. The minimum atomic E-state index is -0.826. The van der Waals surface area contributed by atoms with Crippen molar-refractivity contribution in [2.75, 3.05) is 18.6 Å². The molecule has 0 spiro atoms. The van der Waals surface area contributed by atoms with Gasteiger partial charge in [0.1, 0.15) is 23.1 Å². The van der Waals surface area contributed by atoms with Crippen LogP contribution in [0.2, 0.25) is 0 Å². The molecule has 0 aromatic heterocycles. The van der Waals surface area contributed by atoms with Gasteiger partial charge in [-0.05, 0) is 18.2 Å². The molecule has 26 heavy (non-hydrogen) atoms. The molecule has 0 saturated carbocycles. The molecule has 1 unspecified atom stereocenters. The van der Waals surface area contributed by atoms with E-state index >= 15 is 0 Å². The van der Waals surface area contributed by atoms with Crippen LogP contribution in [0.4, 0.5) is 14.5 Å². The zero-order valence-corrected chi connectivity index (χ0v) is 14.2. The summed E-state index contributed by atoms with van der Waals surface area (Å²) in [6.07, 6.45) is -0.0917. The van der Waals surface area contributed by atoms with Gasteiger partial charge in [0.15, 0.2) is 0 Å². The topological polar surface area (TPSA) is 58.6 Å². The summed E-state index contributed by atoms with van der Waals surface area (Å²) < 4.78 is 33.0. The van der Waals surface area contributed by atoms with Crippen LogP contribution in [0.25, 0.3) is 0 Å². The van der Waals surface area contributed by atoms with Gasteiger partial charge in [-0.15, -0.1) is 0 Å². The van der Waals surface area contributed by atoms with Gasteiger partial charge in [0.05, 0.1) is 13.0 Å². The van der Waals surface area contributed by atoms with Crippen molar-refractivity contribution in [3.05, 3.63) is 59.7 Å². The molecule has 3 rings (SSSR count). The molecule has 1 fully saturated rings. The van der Waals surface area contributed by atoms with Crippen LogP contribution in [0.15, 0.2) is 42.5 Å². The molecule has 5 nitrogen and oxygen atoms in total. The van der Waals surface area contributed by atoms with E-state index in [9.17, 15) is 18.4 Å². The molecule has 0 bridgehead atoms. The van der Waals surface area contributed by atoms with Crippen molar-refractivity contribution < 1.29 is 23.1 Å². The van der Waals surface area contributed by atoms with Gasteiger partial charge in [0.25, 0.3) is 0 Å². The Balaban J connectivity index is 1.68. The third kappa shape index (κ3) is 3.51. The first-order valence-electron chi connectivity index (χ1n) is 8.15. The van der Waals surface area contributed by atoms with Crippen LogP contribution in [-0.4, -0.2) is 25.5 Å². The van der Waals surface area contributed by atoms with E-state index in [0.717, 1.165) is 22.6 Å². The SMILES string of the molecule is COc1ccccc1CNC(=O)C1CC(=O)N(c2c(F)cccc2F)C1. The maximum Gasteiger partial charge on any atom is 0.228 e. The molecule has 1 saturated heterocycles. The first-order chi connectivity index (χ1) is 12.5. The van der Waals surface area contributed by atoms with Crippen molar-refractivity contribution in [1.29, 1.82) is 0 Å². The fourth-order valence-corrected chi connectivity index (χ4v) is 3.02. The third-order valence-electron chi connectivity index (χ3n) is 4.35. The zero-order chi connectivity index (χ0) is 18.7. The van der Waals surface area contributed by atoms with Crippen LogP contribution in [0, 0.1) is 17.6 Å². The van der Waals surface area contributed by atoms with Crippen molar-refractivity contribution in [3.8, 4) is 5.75 Å². The van der Waals surface area contributed by atoms with Crippen LogP contribution in [0.1, 0.15) is 12.0 Å². The maximum atomic E-state index is 13.9. The van der Waals surface area contributed by atoms with Crippen molar-refractivity contribution in [2.45, 2.75) is 13.0 Å². The Morgan fingerprint density at radius 2 is 1.88 bits per heavy atom. The lowest BCUT2D eigenvalue weighted by Gasteiger charge is -2.18. The molecule has 1 N–H and O–H groups in total.